The fourth-order valence-electron chi connectivity index (χ4n) is 4.50. The molecular formula is C29H31ClN2O2. The second kappa shape index (κ2) is 9.63. The molecule has 3 aromatic carbocycles. The standard InChI is InChI=1S/C29H31ClN2O2/c1-17(2)20-6-7-21(24(14-20)18(3)4)15-26-29(34)32(5)27-13-10-22(30)16-25(27)28(31-26)19-8-11-23(33)12-9-19/h6-14,16-18,26,33H,15H2,1-5H3. The summed E-state index contributed by atoms with van der Waals surface area (Å²) < 4.78 is 0. The lowest BCUT2D eigenvalue weighted by atomic mass is 9.89. The van der Waals surface area contributed by atoms with Gasteiger partial charge in [-0.1, -0.05) is 57.5 Å². The Bertz CT molecular complexity index is 1250. The van der Waals surface area contributed by atoms with Gasteiger partial charge < -0.3 is 10.0 Å². The van der Waals surface area contributed by atoms with E-state index >= 15 is 0 Å². The summed E-state index contributed by atoms with van der Waals surface area (Å²) >= 11 is 6.36. The zero-order chi connectivity index (χ0) is 24.6. The molecule has 0 saturated carbocycles. The smallest absolute Gasteiger partial charge is 0.251 e. The van der Waals surface area contributed by atoms with Gasteiger partial charge in [0.1, 0.15) is 11.8 Å². The first-order valence-corrected chi connectivity index (χ1v) is 12.1. The molecule has 1 unspecified atom stereocenters. The molecule has 176 valence electrons. The van der Waals surface area contributed by atoms with Gasteiger partial charge in [0.05, 0.1) is 11.4 Å². The number of aromatic hydroxyl groups is 1. The minimum absolute atomic E-state index is 0.0556. The highest BCUT2D eigenvalue weighted by Crippen LogP contribution is 2.32. The first-order valence-electron chi connectivity index (χ1n) is 11.7. The predicted molar refractivity (Wildman–Crippen MR) is 141 cm³/mol. The van der Waals surface area contributed by atoms with Crippen LogP contribution in [0.5, 0.6) is 5.75 Å². The van der Waals surface area contributed by atoms with Gasteiger partial charge in [-0.05, 0) is 71.0 Å². The molecule has 0 aromatic heterocycles. The predicted octanol–water partition coefficient (Wildman–Crippen LogP) is 6.72. The first kappa shape index (κ1) is 24.0. The second-order valence-electron chi connectivity index (χ2n) is 9.57. The van der Waals surface area contributed by atoms with E-state index in [2.05, 4.69) is 45.9 Å². The average molecular weight is 475 g/mol. The van der Waals surface area contributed by atoms with Crippen molar-refractivity contribution < 1.29 is 9.90 Å². The van der Waals surface area contributed by atoms with Crippen molar-refractivity contribution in [2.45, 2.75) is 52.0 Å². The molecule has 0 aliphatic carbocycles. The zero-order valence-electron chi connectivity index (χ0n) is 20.3. The van der Waals surface area contributed by atoms with Crippen LogP contribution in [0.2, 0.25) is 5.02 Å². The zero-order valence-corrected chi connectivity index (χ0v) is 21.1. The van der Waals surface area contributed by atoms with Gasteiger partial charge in [0.15, 0.2) is 0 Å². The molecule has 0 spiro atoms. The van der Waals surface area contributed by atoms with Crippen LogP contribution in [0.1, 0.15) is 67.3 Å². The van der Waals surface area contributed by atoms with Gasteiger partial charge in [-0.3, -0.25) is 9.79 Å². The molecule has 0 saturated heterocycles. The van der Waals surface area contributed by atoms with Crippen LogP contribution in [-0.2, 0) is 11.2 Å². The number of rotatable bonds is 5. The summed E-state index contributed by atoms with van der Waals surface area (Å²) in [5.41, 5.74) is 6.79. The van der Waals surface area contributed by atoms with E-state index in [4.69, 9.17) is 16.6 Å². The number of anilines is 1. The number of phenols is 1. The summed E-state index contributed by atoms with van der Waals surface area (Å²) in [6.45, 7) is 8.76. The molecule has 1 amide bonds. The fourth-order valence-corrected chi connectivity index (χ4v) is 4.67. The van der Waals surface area contributed by atoms with E-state index in [1.54, 1.807) is 30.1 Å². The van der Waals surface area contributed by atoms with Crippen molar-refractivity contribution in [3.8, 4) is 5.75 Å². The van der Waals surface area contributed by atoms with Gasteiger partial charge in [0.25, 0.3) is 5.91 Å². The summed E-state index contributed by atoms with van der Waals surface area (Å²) in [5.74, 6) is 0.903. The number of hydrogen-bond acceptors (Lipinski definition) is 3. The summed E-state index contributed by atoms with van der Waals surface area (Å²) in [6, 6.07) is 18.4. The quantitative estimate of drug-likeness (QED) is 0.446. The Morgan fingerprint density at radius 3 is 2.32 bits per heavy atom. The molecule has 5 heteroatoms. The summed E-state index contributed by atoms with van der Waals surface area (Å²) in [7, 11) is 1.79. The van der Waals surface area contributed by atoms with Crippen molar-refractivity contribution in [1.29, 1.82) is 0 Å². The average Bonchev–Trinajstić information content (AvgIpc) is 2.90. The lowest BCUT2D eigenvalue weighted by Crippen LogP contribution is -2.36. The highest BCUT2D eigenvalue weighted by Gasteiger charge is 2.31. The van der Waals surface area contributed by atoms with Crippen LogP contribution in [0.4, 0.5) is 5.69 Å². The Hall–Kier alpha value is -3.11. The van der Waals surface area contributed by atoms with Crippen LogP contribution in [-0.4, -0.2) is 29.8 Å². The number of hydrogen-bond donors (Lipinski definition) is 1. The van der Waals surface area contributed by atoms with Crippen LogP contribution >= 0.6 is 11.6 Å². The number of aliphatic imine (C=N–C) groups is 1. The topological polar surface area (TPSA) is 52.9 Å². The number of benzene rings is 3. The molecule has 0 radical (unpaired) electrons. The van der Waals surface area contributed by atoms with Crippen LogP contribution in [0.3, 0.4) is 0 Å². The number of likely N-dealkylation sites (N-methyl/N-ethyl adjacent to an activating group) is 1. The highest BCUT2D eigenvalue weighted by atomic mass is 35.5. The molecule has 1 N–H and O–H groups in total. The summed E-state index contributed by atoms with van der Waals surface area (Å²) in [4.78, 5) is 20.3. The lowest BCUT2D eigenvalue weighted by molar-refractivity contribution is -0.119. The van der Waals surface area contributed by atoms with E-state index in [0.717, 1.165) is 22.4 Å². The molecule has 0 bridgehead atoms. The van der Waals surface area contributed by atoms with Gasteiger partial charge >= 0.3 is 0 Å². The van der Waals surface area contributed by atoms with Crippen LogP contribution in [0, 0.1) is 0 Å². The highest BCUT2D eigenvalue weighted by molar-refractivity contribution is 6.32. The van der Waals surface area contributed by atoms with Crippen molar-refractivity contribution in [3.05, 3.63) is 93.5 Å². The second-order valence-corrected chi connectivity index (χ2v) is 10.0. The van der Waals surface area contributed by atoms with E-state index in [9.17, 15) is 9.90 Å². The molecular weight excluding hydrogens is 444 g/mol. The molecule has 1 aliphatic heterocycles. The number of nitrogens with zero attached hydrogens (tertiary/aromatic N) is 2. The summed E-state index contributed by atoms with van der Waals surface area (Å²) in [6.07, 6.45) is 0.512. The molecule has 0 fully saturated rings. The van der Waals surface area contributed by atoms with Crippen molar-refractivity contribution in [1.82, 2.24) is 0 Å². The SMILES string of the molecule is CC(C)c1ccc(CC2N=C(c3ccc(O)cc3)c3cc(Cl)ccc3N(C)C2=O)c(C(C)C)c1. The molecule has 4 nitrogen and oxygen atoms in total. The van der Waals surface area contributed by atoms with E-state index in [1.807, 2.05) is 24.3 Å². The maximum atomic E-state index is 13.6. The molecule has 4 rings (SSSR count). The molecule has 34 heavy (non-hydrogen) atoms. The number of phenolic OH excluding ortho intramolecular Hbond substituents is 1. The van der Waals surface area contributed by atoms with E-state index in [-0.39, 0.29) is 11.7 Å². The van der Waals surface area contributed by atoms with Crippen LogP contribution in [0.25, 0.3) is 0 Å². The van der Waals surface area contributed by atoms with Gasteiger partial charge in [0, 0.05) is 29.6 Å². The third kappa shape index (κ3) is 4.74. The number of carbonyl (C=O) groups is 1. The van der Waals surface area contributed by atoms with Crippen molar-refractivity contribution >= 4 is 28.9 Å². The van der Waals surface area contributed by atoms with E-state index in [1.165, 1.54) is 11.1 Å². The van der Waals surface area contributed by atoms with Gasteiger partial charge in [-0.15, -0.1) is 0 Å². The third-order valence-corrected chi connectivity index (χ3v) is 6.72. The molecule has 1 aliphatic rings. The largest absolute Gasteiger partial charge is 0.508 e. The normalized spacial score (nSPS) is 16.0. The van der Waals surface area contributed by atoms with E-state index < -0.39 is 6.04 Å². The molecule has 1 heterocycles. The molecule has 1 atom stereocenters. The number of fused-ring (bicyclic) bond motifs is 1. The van der Waals surface area contributed by atoms with Gasteiger partial charge in [0.2, 0.25) is 0 Å². The van der Waals surface area contributed by atoms with Crippen molar-refractivity contribution in [2.75, 3.05) is 11.9 Å². The minimum Gasteiger partial charge on any atom is -0.508 e. The van der Waals surface area contributed by atoms with Crippen LogP contribution < -0.4 is 4.90 Å². The summed E-state index contributed by atoms with van der Waals surface area (Å²) in [5, 5.41) is 10.4. The monoisotopic (exact) mass is 474 g/mol. The fraction of sp³-hybridized carbons (Fsp3) is 0.310. The van der Waals surface area contributed by atoms with Crippen molar-refractivity contribution in [2.24, 2.45) is 4.99 Å². The Labute approximate surface area is 206 Å². The van der Waals surface area contributed by atoms with Gasteiger partial charge in [-0.25, -0.2) is 0 Å². The number of amides is 1. The first-order chi connectivity index (χ1) is 16.2. The molecule has 3 aromatic rings. The van der Waals surface area contributed by atoms with Crippen molar-refractivity contribution in [3.63, 3.8) is 0 Å². The Morgan fingerprint density at radius 2 is 1.68 bits per heavy atom. The lowest BCUT2D eigenvalue weighted by Gasteiger charge is -2.22. The Balaban J connectivity index is 1.85. The maximum absolute atomic E-state index is 13.6. The maximum Gasteiger partial charge on any atom is 0.251 e. The Kier molecular flexibility index (Phi) is 6.81. The Morgan fingerprint density at radius 1 is 0.971 bits per heavy atom. The minimum atomic E-state index is -0.581. The number of carbonyl (C=O) groups excluding carboxylic acids is 1. The third-order valence-electron chi connectivity index (χ3n) is 6.49. The van der Waals surface area contributed by atoms with E-state index in [0.29, 0.717) is 29.0 Å². The van der Waals surface area contributed by atoms with Gasteiger partial charge in [-0.2, -0.15) is 0 Å². The number of benzodiazepines with no additional fused rings is 1. The van der Waals surface area contributed by atoms with Crippen LogP contribution in [0.15, 0.2) is 65.7 Å². The number of halogens is 1.